The molecule has 2 bridgehead atoms. The largest absolute Gasteiger partial charge is 0.493 e. The van der Waals surface area contributed by atoms with Gasteiger partial charge in [0.2, 0.25) is 0 Å². The van der Waals surface area contributed by atoms with Crippen molar-refractivity contribution < 1.29 is 13.7 Å². The number of benzene rings is 1. The summed E-state index contributed by atoms with van der Waals surface area (Å²) in [6, 6.07) is 4.26. The summed E-state index contributed by atoms with van der Waals surface area (Å²) in [5.41, 5.74) is 2.44. The van der Waals surface area contributed by atoms with Crippen molar-refractivity contribution in [2.75, 3.05) is 39.8 Å². The Morgan fingerprint density at radius 3 is 2.42 bits per heavy atom. The number of methoxy groups -OCH3 is 1. The predicted octanol–water partition coefficient (Wildman–Crippen LogP) is 6.84. The molecule has 0 aromatic heterocycles. The molecule has 36 heavy (non-hydrogen) atoms. The number of unbranched alkanes of at least 4 members (excludes halogenated alkanes) is 3. The van der Waals surface area contributed by atoms with Crippen LogP contribution in [0, 0.1) is 12.3 Å². The van der Waals surface area contributed by atoms with E-state index in [4.69, 9.17) is 13.7 Å². The minimum atomic E-state index is -0.170. The highest BCUT2D eigenvalue weighted by molar-refractivity contribution is 7.75. The second-order valence-electron chi connectivity index (χ2n) is 11.4. The van der Waals surface area contributed by atoms with Gasteiger partial charge in [-0.15, -0.1) is 6.58 Å². The molecule has 0 saturated carbocycles. The van der Waals surface area contributed by atoms with Gasteiger partial charge in [-0.1, -0.05) is 45.3 Å². The number of nitrogens with zero attached hydrogens (tertiary/aromatic N) is 2. The van der Waals surface area contributed by atoms with Gasteiger partial charge in [0, 0.05) is 18.4 Å². The van der Waals surface area contributed by atoms with Gasteiger partial charge >= 0.3 is 0 Å². The van der Waals surface area contributed by atoms with E-state index in [1.165, 1.54) is 75.7 Å². The topological polar surface area (TPSA) is 34.2 Å². The molecule has 5 nitrogen and oxygen atoms in total. The van der Waals surface area contributed by atoms with E-state index < -0.39 is 0 Å². The van der Waals surface area contributed by atoms with Crippen LogP contribution in [0.4, 0.5) is 0 Å². The average Bonchev–Trinajstić information content (AvgIpc) is 2.88. The first kappa shape index (κ1) is 29.3. The third-order valence-corrected chi connectivity index (χ3v) is 8.56. The molecule has 1 aromatic carbocycles. The number of likely N-dealkylation sites (tertiary alicyclic amines) is 1. The molecule has 2 aliphatic heterocycles. The molecular weight excluding hydrogens is 468 g/mol. The lowest BCUT2D eigenvalue weighted by atomic mass is 9.80. The third-order valence-electron chi connectivity index (χ3n) is 8.29. The molecule has 2 unspecified atom stereocenters. The summed E-state index contributed by atoms with van der Waals surface area (Å²) in [4.78, 5) is 5.31. The fourth-order valence-corrected chi connectivity index (χ4v) is 5.75. The highest BCUT2D eigenvalue weighted by Crippen LogP contribution is 2.40. The van der Waals surface area contributed by atoms with Crippen LogP contribution in [-0.4, -0.2) is 61.8 Å². The number of thiol groups is 1. The van der Waals surface area contributed by atoms with Crippen molar-refractivity contribution in [2.24, 2.45) is 5.41 Å². The van der Waals surface area contributed by atoms with E-state index in [9.17, 15) is 0 Å². The SMILES string of the molecule is C=CC(CC1Oc2c(OC)ccc(c2C)CN(CCCCCCN2CCCCC2)CCC1(C)C)OS. The molecule has 2 atom stereocenters. The first-order valence-electron chi connectivity index (χ1n) is 14.1. The third kappa shape index (κ3) is 8.41. The Hall–Kier alpha value is -1.21. The number of hydrogen-bond donors (Lipinski definition) is 1. The molecule has 1 fully saturated rings. The summed E-state index contributed by atoms with van der Waals surface area (Å²) in [5, 5.41) is 0. The molecule has 204 valence electrons. The molecule has 1 aromatic rings. The van der Waals surface area contributed by atoms with Crippen molar-refractivity contribution in [1.82, 2.24) is 9.80 Å². The molecule has 2 aliphatic rings. The van der Waals surface area contributed by atoms with Crippen LogP contribution in [0.1, 0.15) is 82.8 Å². The second kappa shape index (κ2) is 14.7. The number of hydrogen-bond acceptors (Lipinski definition) is 6. The maximum Gasteiger partial charge on any atom is 0.164 e. The van der Waals surface area contributed by atoms with Gasteiger partial charge in [-0.25, -0.2) is 0 Å². The lowest BCUT2D eigenvalue weighted by Crippen LogP contribution is -2.41. The summed E-state index contributed by atoms with van der Waals surface area (Å²) < 4.78 is 17.8. The Bertz CT molecular complexity index is 810. The fraction of sp³-hybridized carbons (Fsp3) is 0.733. The summed E-state index contributed by atoms with van der Waals surface area (Å²) >= 11 is 4.08. The summed E-state index contributed by atoms with van der Waals surface area (Å²) in [5.74, 6) is 1.65. The lowest BCUT2D eigenvalue weighted by Gasteiger charge is -2.39. The molecule has 0 N–H and O–H groups in total. The lowest BCUT2D eigenvalue weighted by molar-refractivity contribution is 0.0273. The first-order valence-corrected chi connectivity index (χ1v) is 14.4. The van der Waals surface area contributed by atoms with E-state index in [-0.39, 0.29) is 17.6 Å². The molecule has 0 amide bonds. The normalized spacial score (nSPS) is 22.0. The summed E-state index contributed by atoms with van der Waals surface area (Å²) in [6.07, 6.45) is 12.8. The van der Waals surface area contributed by atoms with E-state index >= 15 is 0 Å². The van der Waals surface area contributed by atoms with Gasteiger partial charge in [-0.05, 0) is 102 Å². The summed E-state index contributed by atoms with van der Waals surface area (Å²) in [7, 11) is 1.72. The van der Waals surface area contributed by atoms with Crippen molar-refractivity contribution in [3.8, 4) is 11.5 Å². The van der Waals surface area contributed by atoms with Gasteiger partial charge in [0.15, 0.2) is 11.5 Å². The van der Waals surface area contributed by atoms with Crippen LogP contribution in [-0.2, 0) is 10.7 Å². The zero-order valence-corrected chi connectivity index (χ0v) is 24.2. The van der Waals surface area contributed by atoms with Gasteiger partial charge in [-0.3, -0.25) is 4.90 Å². The van der Waals surface area contributed by atoms with E-state index in [1.54, 1.807) is 7.11 Å². The van der Waals surface area contributed by atoms with Gasteiger partial charge < -0.3 is 18.6 Å². The maximum atomic E-state index is 6.73. The highest BCUT2D eigenvalue weighted by atomic mass is 32.1. The van der Waals surface area contributed by atoms with Crippen LogP contribution in [0.15, 0.2) is 24.8 Å². The predicted molar refractivity (Wildman–Crippen MR) is 153 cm³/mol. The molecule has 3 rings (SSSR count). The molecule has 0 radical (unpaired) electrons. The zero-order chi connectivity index (χ0) is 26.0. The Morgan fingerprint density at radius 1 is 1.08 bits per heavy atom. The van der Waals surface area contributed by atoms with Gasteiger partial charge in [0.1, 0.15) is 6.10 Å². The fourth-order valence-electron chi connectivity index (χ4n) is 5.57. The quantitative estimate of drug-likeness (QED) is 0.142. The minimum absolute atomic E-state index is 0.0505. The Morgan fingerprint density at radius 2 is 1.78 bits per heavy atom. The van der Waals surface area contributed by atoms with Gasteiger partial charge in [0.25, 0.3) is 0 Å². The van der Waals surface area contributed by atoms with Crippen molar-refractivity contribution in [3.63, 3.8) is 0 Å². The van der Waals surface area contributed by atoms with Crippen molar-refractivity contribution in [1.29, 1.82) is 0 Å². The Kier molecular flexibility index (Phi) is 11.9. The number of rotatable bonds is 12. The summed E-state index contributed by atoms with van der Waals surface area (Å²) in [6.45, 7) is 17.8. The van der Waals surface area contributed by atoms with E-state index in [0.29, 0.717) is 6.42 Å². The molecule has 0 spiro atoms. The van der Waals surface area contributed by atoms with Crippen molar-refractivity contribution in [2.45, 2.75) is 97.3 Å². The van der Waals surface area contributed by atoms with E-state index in [0.717, 1.165) is 37.6 Å². The molecule has 0 aliphatic carbocycles. The van der Waals surface area contributed by atoms with Crippen molar-refractivity contribution >= 4 is 12.9 Å². The van der Waals surface area contributed by atoms with Crippen LogP contribution in [0.25, 0.3) is 0 Å². The van der Waals surface area contributed by atoms with Crippen LogP contribution in [0.3, 0.4) is 0 Å². The second-order valence-corrected chi connectivity index (χ2v) is 11.6. The van der Waals surface area contributed by atoms with E-state index in [2.05, 4.69) is 62.2 Å². The van der Waals surface area contributed by atoms with Gasteiger partial charge in [-0.2, -0.15) is 0 Å². The molecule has 2 heterocycles. The number of piperidine rings is 1. The minimum Gasteiger partial charge on any atom is -0.493 e. The Labute approximate surface area is 226 Å². The molecular formula is C30H50N2O3S. The monoisotopic (exact) mass is 518 g/mol. The van der Waals surface area contributed by atoms with Crippen molar-refractivity contribution in [3.05, 3.63) is 35.9 Å². The zero-order valence-electron chi connectivity index (χ0n) is 23.3. The first-order chi connectivity index (χ1) is 17.4. The van der Waals surface area contributed by atoms with Crippen LogP contribution < -0.4 is 9.47 Å². The smallest absolute Gasteiger partial charge is 0.164 e. The average molecular weight is 519 g/mol. The van der Waals surface area contributed by atoms with Crippen LogP contribution in [0.5, 0.6) is 11.5 Å². The maximum absolute atomic E-state index is 6.73. The standard InChI is InChI=1S/C30H50N2O3S/c1-6-26(35-36)22-28-30(3,4)16-21-32(20-11-8-7-10-17-31-18-12-9-13-19-31)23-25-14-15-27(33-5)29(34-28)24(25)2/h6,14-15,26,28,36H,1,7-13,16-23H2,2-5H3. The molecule has 6 heteroatoms. The van der Waals surface area contributed by atoms with E-state index in [1.807, 2.05) is 6.08 Å². The van der Waals surface area contributed by atoms with Crippen LogP contribution in [0.2, 0.25) is 0 Å². The number of ether oxygens (including phenoxy) is 2. The Balaban J connectivity index is 1.66. The van der Waals surface area contributed by atoms with Crippen LogP contribution >= 0.6 is 12.9 Å². The number of fused-ring (bicyclic) bond motifs is 2. The highest BCUT2D eigenvalue weighted by Gasteiger charge is 2.35. The molecule has 1 saturated heterocycles. The van der Waals surface area contributed by atoms with Gasteiger partial charge in [0.05, 0.1) is 13.2 Å².